The van der Waals surface area contributed by atoms with E-state index in [1.54, 1.807) is 14.2 Å². The van der Waals surface area contributed by atoms with Crippen LogP contribution in [0.3, 0.4) is 0 Å². The number of hydrogen-bond acceptors (Lipinski definition) is 5. The van der Waals surface area contributed by atoms with Crippen molar-refractivity contribution in [1.29, 1.82) is 5.41 Å². The Balaban J connectivity index is 1.65. The fourth-order valence-electron chi connectivity index (χ4n) is 2.55. The molecule has 6 nitrogen and oxygen atoms in total. The molecule has 140 valence electrons. The van der Waals surface area contributed by atoms with E-state index < -0.39 is 0 Å². The molecule has 0 aliphatic heterocycles. The number of rotatable bonds is 6. The van der Waals surface area contributed by atoms with Crippen molar-refractivity contribution in [2.24, 2.45) is 0 Å². The lowest BCUT2D eigenvalue weighted by Crippen LogP contribution is -2.29. The van der Waals surface area contributed by atoms with E-state index in [2.05, 4.69) is 15.6 Å². The summed E-state index contributed by atoms with van der Waals surface area (Å²) in [6, 6.07) is 13.1. The minimum Gasteiger partial charge on any atom is -0.496 e. The number of aromatic nitrogens is 1. The Labute approximate surface area is 166 Å². The molecular weight excluding hydrogens is 384 g/mol. The first kappa shape index (κ1) is 19.0. The Kier molecular flexibility index (Phi) is 6.16. The molecule has 0 saturated carbocycles. The highest BCUT2D eigenvalue weighted by atomic mass is 35.5. The largest absolute Gasteiger partial charge is 0.496 e. The third-order valence-corrected chi connectivity index (χ3v) is 4.95. The van der Waals surface area contributed by atoms with Crippen molar-refractivity contribution in [3.63, 3.8) is 0 Å². The maximum Gasteiger partial charge on any atom is 0.195 e. The van der Waals surface area contributed by atoms with Crippen LogP contribution < -0.4 is 20.1 Å². The molecule has 8 heteroatoms. The Bertz CT molecular complexity index is 923. The molecule has 1 heterocycles. The maximum atomic E-state index is 8.12. The van der Waals surface area contributed by atoms with Crippen LogP contribution in [0.5, 0.6) is 11.5 Å². The number of hydrogen-bond donors (Lipinski definition) is 3. The predicted octanol–water partition coefficient (Wildman–Crippen LogP) is 4.62. The molecule has 0 bridgehead atoms. The number of nitrogens with zero attached hydrogens (tertiary/aromatic N) is 1. The summed E-state index contributed by atoms with van der Waals surface area (Å²) in [5.41, 5.74) is 2.47. The average Bonchev–Trinajstić information content (AvgIpc) is 3.14. The number of benzene rings is 2. The van der Waals surface area contributed by atoms with Crippen LogP contribution in [0, 0.1) is 5.41 Å². The Morgan fingerprint density at radius 3 is 2.48 bits per heavy atom. The van der Waals surface area contributed by atoms with Crippen molar-refractivity contribution in [3.8, 4) is 22.8 Å². The summed E-state index contributed by atoms with van der Waals surface area (Å²) in [7, 11) is 3.21. The highest BCUT2D eigenvalue weighted by molar-refractivity contribution is 7.14. The molecule has 0 radical (unpaired) electrons. The quantitative estimate of drug-likeness (QED) is 0.414. The lowest BCUT2D eigenvalue weighted by Gasteiger charge is -2.14. The minimum atomic E-state index is 0.128. The van der Waals surface area contributed by atoms with Crippen LogP contribution in [0.4, 0.5) is 5.13 Å². The topological polar surface area (TPSA) is 79.3 Å². The van der Waals surface area contributed by atoms with Gasteiger partial charge in [0.25, 0.3) is 0 Å². The number of guanidine groups is 1. The van der Waals surface area contributed by atoms with Crippen molar-refractivity contribution in [2.75, 3.05) is 19.5 Å². The van der Waals surface area contributed by atoms with Crippen molar-refractivity contribution in [1.82, 2.24) is 10.3 Å². The summed E-state index contributed by atoms with van der Waals surface area (Å²) in [4.78, 5) is 4.50. The second kappa shape index (κ2) is 8.75. The van der Waals surface area contributed by atoms with E-state index >= 15 is 0 Å². The van der Waals surface area contributed by atoms with Gasteiger partial charge in [-0.2, -0.15) is 0 Å². The fourth-order valence-corrected chi connectivity index (χ4v) is 3.50. The molecule has 0 unspecified atom stereocenters. The zero-order chi connectivity index (χ0) is 19.2. The van der Waals surface area contributed by atoms with Gasteiger partial charge < -0.3 is 20.1 Å². The van der Waals surface area contributed by atoms with Crippen molar-refractivity contribution in [2.45, 2.75) is 6.54 Å². The summed E-state index contributed by atoms with van der Waals surface area (Å²) < 4.78 is 10.7. The van der Waals surface area contributed by atoms with Gasteiger partial charge in [0.15, 0.2) is 11.1 Å². The van der Waals surface area contributed by atoms with Crippen LogP contribution in [0.1, 0.15) is 5.56 Å². The second-order valence-corrected chi connectivity index (χ2v) is 6.78. The SMILES string of the molecule is COc1cccc(OC)c1CNC(=N)Nc1nc(-c2ccccc2Cl)cs1. The molecular formula is C19H19ClN4O2S. The fraction of sp³-hybridized carbons (Fsp3) is 0.158. The van der Waals surface area contributed by atoms with Crippen LogP contribution in [0.25, 0.3) is 11.3 Å². The molecule has 0 aliphatic rings. The zero-order valence-electron chi connectivity index (χ0n) is 14.9. The van der Waals surface area contributed by atoms with Crippen LogP contribution in [-0.2, 0) is 6.54 Å². The Morgan fingerprint density at radius 2 is 1.81 bits per heavy atom. The monoisotopic (exact) mass is 402 g/mol. The third-order valence-electron chi connectivity index (χ3n) is 3.86. The summed E-state index contributed by atoms with van der Waals surface area (Å²) >= 11 is 7.62. The van der Waals surface area contributed by atoms with E-state index in [9.17, 15) is 0 Å². The summed E-state index contributed by atoms with van der Waals surface area (Å²) in [6.45, 7) is 0.377. The molecule has 3 aromatic rings. The first-order valence-electron chi connectivity index (χ1n) is 8.12. The summed E-state index contributed by atoms with van der Waals surface area (Å²) in [5.74, 6) is 1.53. The summed E-state index contributed by atoms with van der Waals surface area (Å²) in [5, 5.41) is 17.2. The molecule has 2 aromatic carbocycles. The number of thiazole rings is 1. The number of ether oxygens (including phenoxy) is 2. The first-order valence-corrected chi connectivity index (χ1v) is 9.38. The van der Waals surface area contributed by atoms with Crippen molar-refractivity contribution >= 4 is 34.0 Å². The van der Waals surface area contributed by atoms with Gasteiger partial charge in [0.1, 0.15) is 11.5 Å². The Hall–Kier alpha value is -2.77. The van der Waals surface area contributed by atoms with E-state index in [1.165, 1.54) is 11.3 Å². The van der Waals surface area contributed by atoms with Crippen LogP contribution in [0.2, 0.25) is 5.02 Å². The normalized spacial score (nSPS) is 10.3. The smallest absolute Gasteiger partial charge is 0.195 e. The zero-order valence-corrected chi connectivity index (χ0v) is 16.4. The van der Waals surface area contributed by atoms with E-state index in [1.807, 2.05) is 47.8 Å². The predicted molar refractivity (Wildman–Crippen MR) is 110 cm³/mol. The molecule has 3 rings (SSSR count). The number of anilines is 1. The van der Waals surface area contributed by atoms with Gasteiger partial charge in [-0.25, -0.2) is 4.98 Å². The van der Waals surface area contributed by atoms with Gasteiger partial charge in [-0.15, -0.1) is 11.3 Å². The van der Waals surface area contributed by atoms with E-state index in [4.69, 9.17) is 26.5 Å². The lowest BCUT2D eigenvalue weighted by atomic mass is 10.1. The molecule has 3 N–H and O–H groups in total. The van der Waals surface area contributed by atoms with Gasteiger partial charge in [-0.05, 0) is 18.2 Å². The van der Waals surface area contributed by atoms with E-state index in [0.29, 0.717) is 28.2 Å². The lowest BCUT2D eigenvalue weighted by molar-refractivity contribution is 0.384. The summed E-state index contributed by atoms with van der Waals surface area (Å²) in [6.07, 6.45) is 0. The van der Waals surface area contributed by atoms with Crippen LogP contribution in [0.15, 0.2) is 47.8 Å². The second-order valence-electron chi connectivity index (χ2n) is 5.51. The number of nitrogens with one attached hydrogen (secondary N) is 3. The highest BCUT2D eigenvalue weighted by Gasteiger charge is 2.12. The highest BCUT2D eigenvalue weighted by Crippen LogP contribution is 2.30. The molecule has 0 saturated heterocycles. The molecule has 0 atom stereocenters. The van der Waals surface area contributed by atoms with Crippen LogP contribution >= 0.6 is 22.9 Å². The van der Waals surface area contributed by atoms with Gasteiger partial charge in [0.05, 0.1) is 32.0 Å². The minimum absolute atomic E-state index is 0.128. The molecule has 0 aliphatic carbocycles. The van der Waals surface area contributed by atoms with E-state index in [0.717, 1.165) is 16.8 Å². The van der Waals surface area contributed by atoms with Gasteiger partial charge in [-0.3, -0.25) is 5.41 Å². The van der Waals surface area contributed by atoms with E-state index in [-0.39, 0.29) is 5.96 Å². The molecule has 0 fully saturated rings. The van der Waals surface area contributed by atoms with Crippen molar-refractivity contribution < 1.29 is 9.47 Å². The van der Waals surface area contributed by atoms with Gasteiger partial charge in [0.2, 0.25) is 0 Å². The van der Waals surface area contributed by atoms with Crippen LogP contribution in [-0.4, -0.2) is 25.2 Å². The standard InChI is InChI=1S/C19H19ClN4O2S/c1-25-16-8-5-9-17(26-2)13(16)10-22-18(21)24-19-23-15(11-27-19)12-6-3-4-7-14(12)20/h3-9,11H,10H2,1-2H3,(H3,21,22,23,24). The number of methoxy groups -OCH3 is 2. The van der Waals surface area contributed by atoms with Gasteiger partial charge in [-0.1, -0.05) is 35.9 Å². The first-order chi connectivity index (χ1) is 13.1. The maximum absolute atomic E-state index is 8.12. The van der Waals surface area contributed by atoms with Gasteiger partial charge in [0, 0.05) is 16.0 Å². The van der Waals surface area contributed by atoms with Crippen molar-refractivity contribution in [3.05, 3.63) is 58.4 Å². The number of halogens is 1. The van der Waals surface area contributed by atoms with Gasteiger partial charge >= 0.3 is 0 Å². The Morgan fingerprint density at radius 1 is 1.11 bits per heavy atom. The molecule has 0 amide bonds. The molecule has 1 aromatic heterocycles. The third kappa shape index (κ3) is 4.50. The average molecular weight is 403 g/mol. The molecule has 0 spiro atoms. The molecule has 27 heavy (non-hydrogen) atoms.